The number of rotatable bonds is 4. The highest BCUT2D eigenvalue weighted by atomic mass is 19.4. The summed E-state index contributed by atoms with van der Waals surface area (Å²) in [6.07, 6.45) is -3.08. The van der Waals surface area contributed by atoms with E-state index in [1.54, 1.807) is 48.5 Å². The number of hydrogen-bond donors (Lipinski definition) is 0. The van der Waals surface area contributed by atoms with Crippen LogP contribution in [0.2, 0.25) is 0 Å². The fourth-order valence-electron chi connectivity index (χ4n) is 2.53. The van der Waals surface area contributed by atoms with Crippen molar-refractivity contribution in [3.05, 3.63) is 101 Å². The summed E-state index contributed by atoms with van der Waals surface area (Å²) in [5, 5.41) is 5.16. The molecule has 3 aromatic rings. The summed E-state index contributed by atoms with van der Waals surface area (Å²) in [6, 6.07) is 20.3. The zero-order valence-electron chi connectivity index (χ0n) is 15.0. The van der Waals surface area contributed by atoms with Crippen LogP contribution in [-0.2, 0) is 6.18 Å². The van der Waals surface area contributed by atoms with Gasteiger partial charge in [0.1, 0.15) is 0 Å². The smallest absolute Gasteiger partial charge is 0.267 e. The molecule has 28 heavy (non-hydrogen) atoms. The average molecular weight is 382 g/mol. The van der Waals surface area contributed by atoms with Gasteiger partial charge >= 0.3 is 6.18 Å². The molecule has 0 atom stereocenters. The van der Waals surface area contributed by atoms with Gasteiger partial charge in [-0.25, -0.2) is 0 Å². The maximum atomic E-state index is 13.1. The number of benzene rings is 3. The Kier molecular flexibility index (Phi) is 5.59. The third-order valence-electron chi connectivity index (χ3n) is 4.03. The zero-order valence-corrected chi connectivity index (χ0v) is 15.0. The van der Waals surface area contributed by atoms with Gasteiger partial charge in [-0.3, -0.25) is 4.79 Å². The number of anilines is 1. The molecule has 0 aliphatic heterocycles. The number of carbonyl (C=O) groups excluding carboxylic acids is 1. The molecule has 142 valence electrons. The van der Waals surface area contributed by atoms with Crippen molar-refractivity contribution in [3.63, 3.8) is 0 Å². The molecule has 0 saturated heterocycles. The highest BCUT2D eigenvalue weighted by molar-refractivity contribution is 6.06. The van der Waals surface area contributed by atoms with Crippen molar-refractivity contribution in [2.24, 2.45) is 5.10 Å². The van der Waals surface area contributed by atoms with Crippen LogP contribution in [0.1, 0.15) is 27.0 Å². The lowest BCUT2D eigenvalue weighted by atomic mass is 10.1. The van der Waals surface area contributed by atoms with Crippen LogP contribution in [-0.4, -0.2) is 12.1 Å². The van der Waals surface area contributed by atoms with E-state index in [-0.39, 0.29) is 5.69 Å². The van der Waals surface area contributed by atoms with Crippen LogP contribution in [0.15, 0.2) is 84.0 Å². The number of aryl methyl sites for hydroxylation is 1. The molecule has 0 saturated carbocycles. The van der Waals surface area contributed by atoms with Crippen molar-refractivity contribution in [1.29, 1.82) is 0 Å². The molecule has 0 aliphatic carbocycles. The summed E-state index contributed by atoms with van der Waals surface area (Å²) in [5.41, 5.74) is 1.20. The third kappa shape index (κ3) is 4.65. The first-order valence-electron chi connectivity index (χ1n) is 8.52. The number of hydrazone groups is 1. The second kappa shape index (κ2) is 8.08. The van der Waals surface area contributed by atoms with Crippen LogP contribution in [0.25, 0.3) is 0 Å². The van der Waals surface area contributed by atoms with Gasteiger partial charge in [0.05, 0.1) is 17.5 Å². The van der Waals surface area contributed by atoms with Gasteiger partial charge in [0.2, 0.25) is 0 Å². The Labute approximate surface area is 160 Å². The number of carbonyl (C=O) groups is 1. The fraction of sp³-hybridized carbons (Fsp3) is 0.0909. The first kappa shape index (κ1) is 19.4. The predicted molar refractivity (Wildman–Crippen MR) is 103 cm³/mol. The summed E-state index contributed by atoms with van der Waals surface area (Å²) in [4.78, 5) is 13.0. The molecule has 3 aromatic carbocycles. The second-order valence-electron chi connectivity index (χ2n) is 6.19. The minimum absolute atomic E-state index is 0.0348. The Morgan fingerprint density at radius 1 is 0.929 bits per heavy atom. The fourth-order valence-corrected chi connectivity index (χ4v) is 2.53. The van der Waals surface area contributed by atoms with Gasteiger partial charge < -0.3 is 0 Å². The molecule has 0 heterocycles. The molecule has 0 aromatic heterocycles. The average Bonchev–Trinajstić information content (AvgIpc) is 2.69. The number of hydrogen-bond acceptors (Lipinski definition) is 2. The van der Waals surface area contributed by atoms with Crippen LogP contribution >= 0.6 is 0 Å². The lowest BCUT2D eigenvalue weighted by Gasteiger charge is -2.19. The van der Waals surface area contributed by atoms with E-state index < -0.39 is 17.6 Å². The quantitative estimate of drug-likeness (QED) is 0.421. The van der Waals surface area contributed by atoms with Crippen molar-refractivity contribution in [1.82, 2.24) is 0 Å². The molecule has 0 fully saturated rings. The van der Waals surface area contributed by atoms with E-state index in [9.17, 15) is 18.0 Å². The molecular weight excluding hydrogens is 365 g/mol. The standard InChI is InChI=1S/C22H17F3N2O/c1-16-10-12-18(13-11-16)21(28)27(26-15-17-6-3-2-4-7-17)20-9-5-8-19(14-20)22(23,24)25/h2-15H,1H3/b26-15-. The monoisotopic (exact) mass is 382 g/mol. The number of amides is 1. The Morgan fingerprint density at radius 3 is 2.25 bits per heavy atom. The highest BCUT2D eigenvalue weighted by Gasteiger charge is 2.31. The van der Waals surface area contributed by atoms with Crippen molar-refractivity contribution < 1.29 is 18.0 Å². The van der Waals surface area contributed by atoms with Crippen molar-refractivity contribution >= 4 is 17.8 Å². The molecular formula is C22H17F3N2O. The SMILES string of the molecule is Cc1ccc(C(=O)N(/N=C\c2ccccc2)c2cccc(C(F)(F)F)c2)cc1. The predicted octanol–water partition coefficient (Wildman–Crippen LogP) is 5.69. The molecule has 0 aliphatic rings. The van der Waals surface area contributed by atoms with Crippen molar-refractivity contribution in [2.45, 2.75) is 13.1 Å². The van der Waals surface area contributed by atoms with Gasteiger partial charge in [-0.1, -0.05) is 54.1 Å². The molecule has 0 bridgehead atoms. The molecule has 3 nitrogen and oxygen atoms in total. The third-order valence-corrected chi connectivity index (χ3v) is 4.03. The van der Waals surface area contributed by atoms with Crippen molar-refractivity contribution in [2.75, 3.05) is 5.01 Å². The molecule has 0 spiro atoms. The van der Waals surface area contributed by atoms with E-state index in [1.807, 2.05) is 13.0 Å². The molecule has 0 unspecified atom stereocenters. The Morgan fingerprint density at radius 2 is 1.61 bits per heavy atom. The topological polar surface area (TPSA) is 32.7 Å². The molecule has 1 amide bonds. The highest BCUT2D eigenvalue weighted by Crippen LogP contribution is 2.32. The van der Waals surface area contributed by atoms with E-state index >= 15 is 0 Å². The van der Waals surface area contributed by atoms with Crippen molar-refractivity contribution in [3.8, 4) is 0 Å². The van der Waals surface area contributed by atoms with Gasteiger partial charge in [0, 0.05) is 5.56 Å². The van der Waals surface area contributed by atoms with Gasteiger partial charge in [-0.05, 0) is 42.8 Å². The van der Waals surface area contributed by atoms with E-state index in [1.165, 1.54) is 18.3 Å². The van der Waals surface area contributed by atoms with E-state index in [0.717, 1.165) is 28.3 Å². The Balaban J connectivity index is 2.02. The van der Waals surface area contributed by atoms with Gasteiger partial charge in [-0.2, -0.15) is 23.3 Å². The summed E-state index contributed by atoms with van der Waals surface area (Å²) >= 11 is 0. The number of alkyl halides is 3. The number of nitrogens with zero attached hydrogens (tertiary/aromatic N) is 2. The summed E-state index contributed by atoms with van der Waals surface area (Å²) in [6.45, 7) is 1.88. The van der Waals surface area contributed by atoms with Gasteiger partial charge in [0.15, 0.2) is 0 Å². The summed E-state index contributed by atoms with van der Waals surface area (Å²) in [5.74, 6) is -0.522. The summed E-state index contributed by atoms with van der Waals surface area (Å²) < 4.78 is 39.3. The van der Waals surface area contributed by atoms with Gasteiger partial charge in [-0.15, -0.1) is 0 Å². The minimum atomic E-state index is -4.52. The normalized spacial score (nSPS) is 11.6. The molecule has 0 N–H and O–H groups in total. The number of halogens is 3. The van der Waals surface area contributed by atoms with Crippen LogP contribution in [0.5, 0.6) is 0 Å². The lowest BCUT2D eigenvalue weighted by molar-refractivity contribution is -0.137. The maximum absolute atomic E-state index is 13.1. The minimum Gasteiger partial charge on any atom is -0.267 e. The largest absolute Gasteiger partial charge is 0.416 e. The summed E-state index contributed by atoms with van der Waals surface area (Å²) in [7, 11) is 0. The molecule has 0 radical (unpaired) electrons. The first-order valence-corrected chi connectivity index (χ1v) is 8.52. The Hall–Kier alpha value is -3.41. The van der Waals surface area contributed by atoms with E-state index in [0.29, 0.717) is 5.56 Å². The Bertz CT molecular complexity index is 981. The van der Waals surface area contributed by atoms with Gasteiger partial charge in [0.25, 0.3) is 5.91 Å². The zero-order chi connectivity index (χ0) is 20.1. The van der Waals surface area contributed by atoms with E-state index in [2.05, 4.69) is 5.10 Å². The first-order chi connectivity index (χ1) is 13.3. The lowest BCUT2D eigenvalue weighted by Crippen LogP contribution is -2.26. The molecule has 3 rings (SSSR count). The van der Waals surface area contributed by atoms with Crippen LogP contribution < -0.4 is 5.01 Å². The van der Waals surface area contributed by atoms with Crippen LogP contribution in [0, 0.1) is 6.92 Å². The second-order valence-corrected chi connectivity index (χ2v) is 6.19. The van der Waals surface area contributed by atoms with Crippen LogP contribution in [0.4, 0.5) is 18.9 Å². The maximum Gasteiger partial charge on any atom is 0.416 e. The van der Waals surface area contributed by atoms with Crippen LogP contribution in [0.3, 0.4) is 0 Å². The molecule has 6 heteroatoms. The van der Waals surface area contributed by atoms with E-state index in [4.69, 9.17) is 0 Å².